The Morgan fingerprint density at radius 1 is 1.71 bits per heavy atom. The first-order valence-electron chi connectivity index (χ1n) is 2.54. The van der Waals surface area contributed by atoms with Gasteiger partial charge in [-0.05, 0) is 13.5 Å². The minimum absolute atomic E-state index is 0.877. The number of nitrogens with zero attached hydrogens (tertiary/aromatic N) is 1. The van der Waals surface area contributed by atoms with Crippen LogP contribution in [-0.4, -0.2) is 30.7 Å². The number of nitrogens with one attached hydrogen (secondary N) is 1. The van der Waals surface area contributed by atoms with Crippen molar-refractivity contribution in [1.82, 2.24) is 4.90 Å². The largest absolute Gasteiger partial charge is 0.308 e. The van der Waals surface area contributed by atoms with Crippen LogP contribution in [0.4, 0.5) is 0 Å². The van der Waals surface area contributed by atoms with E-state index in [1.807, 2.05) is 7.05 Å². The first kappa shape index (κ1) is 4.78. The monoisotopic (exact) mass is 98.1 g/mol. The molecule has 0 aromatic heterocycles. The van der Waals surface area contributed by atoms with Crippen molar-refractivity contribution in [3.63, 3.8) is 0 Å². The van der Waals surface area contributed by atoms with Crippen LogP contribution in [0.1, 0.15) is 6.42 Å². The minimum atomic E-state index is 0.877. The number of likely N-dealkylation sites (tertiary alicyclic amines) is 1. The molecule has 0 aromatic carbocycles. The average molecular weight is 98.1 g/mol. The highest BCUT2D eigenvalue weighted by Crippen LogP contribution is 1.98. The quantitative estimate of drug-likeness (QED) is 0.465. The predicted molar refractivity (Wildman–Crippen MR) is 29.8 cm³/mol. The fraction of sp³-hybridized carbons (Fsp3) is 0.800. The van der Waals surface area contributed by atoms with Gasteiger partial charge in [0.2, 0.25) is 0 Å². The number of hydrogen-bond donors (Lipinski definition) is 1. The molecule has 1 aliphatic heterocycles. The van der Waals surface area contributed by atoms with Crippen LogP contribution in [0.15, 0.2) is 0 Å². The molecule has 0 saturated carbocycles. The maximum absolute atomic E-state index is 7.14. The van der Waals surface area contributed by atoms with Crippen molar-refractivity contribution in [1.29, 1.82) is 5.41 Å². The van der Waals surface area contributed by atoms with Crippen LogP contribution in [0.25, 0.3) is 0 Å². The van der Waals surface area contributed by atoms with E-state index in [0.717, 1.165) is 25.2 Å². The van der Waals surface area contributed by atoms with E-state index in [4.69, 9.17) is 5.41 Å². The highest BCUT2D eigenvalue weighted by molar-refractivity contribution is 5.85. The van der Waals surface area contributed by atoms with Crippen molar-refractivity contribution >= 4 is 5.71 Å². The summed E-state index contributed by atoms with van der Waals surface area (Å²) >= 11 is 0. The molecule has 0 atom stereocenters. The van der Waals surface area contributed by atoms with Crippen LogP contribution in [0.2, 0.25) is 0 Å². The molecular weight excluding hydrogens is 88.1 g/mol. The van der Waals surface area contributed by atoms with Gasteiger partial charge in [-0.2, -0.15) is 0 Å². The van der Waals surface area contributed by atoms with Crippen LogP contribution in [-0.2, 0) is 0 Å². The molecule has 40 valence electrons. The highest BCUT2D eigenvalue weighted by Gasteiger charge is 2.10. The lowest BCUT2D eigenvalue weighted by molar-refractivity contribution is 0.428. The smallest absolute Gasteiger partial charge is 0.0358 e. The number of rotatable bonds is 0. The van der Waals surface area contributed by atoms with E-state index in [1.165, 1.54) is 0 Å². The van der Waals surface area contributed by atoms with E-state index in [0.29, 0.717) is 0 Å². The van der Waals surface area contributed by atoms with Gasteiger partial charge in [0.25, 0.3) is 0 Å². The predicted octanol–water partition coefficient (Wildman–Crippen LogP) is 0.342. The fourth-order valence-electron chi connectivity index (χ4n) is 0.810. The van der Waals surface area contributed by atoms with Crippen LogP contribution in [0, 0.1) is 5.41 Å². The Hall–Kier alpha value is -0.370. The maximum atomic E-state index is 7.14. The van der Waals surface area contributed by atoms with Gasteiger partial charge in [0, 0.05) is 18.8 Å². The zero-order chi connectivity index (χ0) is 5.28. The second kappa shape index (κ2) is 1.62. The molecule has 0 bridgehead atoms. The standard InChI is InChI=1S/C5H10N2/c1-7-3-2-5(6)4-7/h6H,2-4H2,1H3. The van der Waals surface area contributed by atoms with Gasteiger partial charge in [-0.3, -0.25) is 0 Å². The van der Waals surface area contributed by atoms with Gasteiger partial charge in [0.05, 0.1) is 0 Å². The molecule has 0 radical (unpaired) electrons. The molecular formula is C5H10N2. The molecule has 2 heteroatoms. The Morgan fingerprint density at radius 3 is 2.57 bits per heavy atom. The molecule has 1 aliphatic rings. The number of hydrogen-bond acceptors (Lipinski definition) is 2. The lowest BCUT2D eigenvalue weighted by Gasteiger charge is -2.00. The summed E-state index contributed by atoms with van der Waals surface area (Å²) < 4.78 is 0. The van der Waals surface area contributed by atoms with Crippen molar-refractivity contribution in [2.45, 2.75) is 6.42 Å². The second-order valence-electron chi connectivity index (χ2n) is 2.09. The SMILES string of the molecule is CN1CCC(=N)C1. The fourth-order valence-corrected chi connectivity index (χ4v) is 0.810. The van der Waals surface area contributed by atoms with Gasteiger partial charge in [0.1, 0.15) is 0 Å². The normalized spacial score (nSPS) is 23.9. The minimum Gasteiger partial charge on any atom is -0.308 e. The maximum Gasteiger partial charge on any atom is 0.0358 e. The van der Waals surface area contributed by atoms with E-state index >= 15 is 0 Å². The molecule has 0 aliphatic carbocycles. The molecule has 2 nitrogen and oxygen atoms in total. The van der Waals surface area contributed by atoms with E-state index in [-0.39, 0.29) is 0 Å². The first-order chi connectivity index (χ1) is 3.29. The molecule has 0 aromatic rings. The molecule has 1 saturated heterocycles. The van der Waals surface area contributed by atoms with Crippen LogP contribution < -0.4 is 0 Å². The van der Waals surface area contributed by atoms with Crippen LogP contribution in [0.3, 0.4) is 0 Å². The second-order valence-corrected chi connectivity index (χ2v) is 2.09. The first-order valence-corrected chi connectivity index (χ1v) is 2.54. The van der Waals surface area contributed by atoms with Crippen LogP contribution in [0.5, 0.6) is 0 Å². The zero-order valence-corrected chi connectivity index (χ0v) is 4.57. The average Bonchev–Trinajstić information content (AvgIpc) is 1.87. The Morgan fingerprint density at radius 2 is 2.43 bits per heavy atom. The molecule has 1 fully saturated rings. The molecule has 0 amide bonds. The third-order valence-electron chi connectivity index (χ3n) is 1.26. The van der Waals surface area contributed by atoms with Gasteiger partial charge in [0.15, 0.2) is 0 Å². The van der Waals surface area contributed by atoms with Crippen molar-refractivity contribution in [2.24, 2.45) is 0 Å². The summed E-state index contributed by atoms with van der Waals surface area (Å²) in [7, 11) is 2.04. The van der Waals surface area contributed by atoms with Gasteiger partial charge >= 0.3 is 0 Å². The lowest BCUT2D eigenvalue weighted by atomic mass is 10.3. The summed E-state index contributed by atoms with van der Waals surface area (Å²) in [6, 6.07) is 0. The topological polar surface area (TPSA) is 27.1 Å². The summed E-state index contributed by atoms with van der Waals surface area (Å²) in [5.74, 6) is 0. The Balaban J connectivity index is 2.40. The highest BCUT2D eigenvalue weighted by atomic mass is 15.1. The van der Waals surface area contributed by atoms with Crippen molar-refractivity contribution in [2.75, 3.05) is 20.1 Å². The third-order valence-corrected chi connectivity index (χ3v) is 1.26. The van der Waals surface area contributed by atoms with E-state index in [9.17, 15) is 0 Å². The van der Waals surface area contributed by atoms with E-state index in [2.05, 4.69) is 4.90 Å². The molecule has 0 unspecified atom stereocenters. The summed E-state index contributed by atoms with van der Waals surface area (Å²) in [6.07, 6.45) is 0.983. The van der Waals surface area contributed by atoms with Crippen molar-refractivity contribution < 1.29 is 0 Å². The van der Waals surface area contributed by atoms with E-state index in [1.54, 1.807) is 0 Å². The van der Waals surface area contributed by atoms with Crippen molar-refractivity contribution in [3.05, 3.63) is 0 Å². The van der Waals surface area contributed by atoms with Gasteiger partial charge < -0.3 is 10.3 Å². The van der Waals surface area contributed by atoms with Gasteiger partial charge in [-0.15, -0.1) is 0 Å². The van der Waals surface area contributed by atoms with E-state index < -0.39 is 0 Å². The Bertz CT molecular complexity index is 88.1. The molecule has 1 N–H and O–H groups in total. The summed E-state index contributed by atoms with van der Waals surface area (Å²) in [4.78, 5) is 2.16. The molecule has 1 rings (SSSR count). The zero-order valence-electron chi connectivity index (χ0n) is 4.57. The Kier molecular flexibility index (Phi) is 1.11. The molecule has 0 spiro atoms. The van der Waals surface area contributed by atoms with Crippen molar-refractivity contribution in [3.8, 4) is 0 Å². The molecule has 1 heterocycles. The van der Waals surface area contributed by atoms with Crippen LogP contribution >= 0.6 is 0 Å². The van der Waals surface area contributed by atoms with Gasteiger partial charge in [-0.25, -0.2) is 0 Å². The Labute approximate surface area is 43.6 Å². The summed E-state index contributed by atoms with van der Waals surface area (Å²) in [6.45, 7) is 1.97. The molecule has 7 heavy (non-hydrogen) atoms. The lowest BCUT2D eigenvalue weighted by Crippen LogP contribution is -2.13. The summed E-state index contributed by atoms with van der Waals surface area (Å²) in [5, 5.41) is 7.14. The third kappa shape index (κ3) is 0.996. The summed E-state index contributed by atoms with van der Waals surface area (Å²) in [5.41, 5.74) is 0.877. The van der Waals surface area contributed by atoms with Gasteiger partial charge in [-0.1, -0.05) is 0 Å².